The minimum absolute atomic E-state index is 0.265. The number of benzene rings is 2. The number of likely N-dealkylation sites (tertiary alicyclic amines) is 1. The van der Waals surface area contributed by atoms with Crippen LogP contribution in [0.5, 0.6) is 0 Å². The van der Waals surface area contributed by atoms with Crippen LogP contribution in [0.15, 0.2) is 60.7 Å². The molecular formula is C22H24N2O4. The fourth-order valence-electron chi connectivity index (χ4n) is 3.79. The van der Waals surface area contributed by atoms with Crippen molar-refractivity contribution in [1.82, 2.24) is 9.80 Å². The summed E-state index contributed by atoms with van der Waals surface area (Å²) in [7, 11) is 0. The van der Waals surface area contributed by atoms with Crippen LogP contribution in [-0.2, 0) is 22.6 Å². The molecule has 2 amide bonds. The van der Waals surface area contributed by atoms with Gasteiger partial charge in [-0.05, 0) is 11.1 Å². The molecule has 6 heteroatoms. The van der Waals surface area contributed by atoms with Crippen molar-refractivity contribution in [1.29, 1.82) is 0 Å². The number of rotatable bonds is 4. The van der Waals surface area contributed by atoms with Crippen LogP contribution >= 0.6 is 0 Å². The van der Waals surface area contributed by atoms with E-state index >= 15 is 0 Å². The topological polar surface area (TPSA) is 59.1 Å². The average molecular weight is 380 g/mol. The van der Waals surface area contributed by atoms with Gasteiger partial charge in [0.25, 0.3) is 0 Å². The maximum Gasteiger partial charge on any atom is 0.410 e. The standard InChI is InChI=1S/C22H24N2O4/c25-20(27-16-19-9-5-2-6-10-19)23-13-11-22(12-14-23)17-24(21(26)28-22)15-18-7-3-1-4-8-18/h1-10H,11-17H2. The summed E-state index contributed by atoms with van der Waals surface area (Å²) < 4.78 is 11.1. The summed E-state index contributed by atoms with van der Waals surface area (Å²) in [5.74, 6) is 0. The lowest BCUT2D eigenvalue weighted by Crippen LogP contribution is -2.48. The fourth-order valence-corrected chi connectivity index (χ4v) is 3.79. The lowest BCUT2D eigenvalue weighted by atomic mass is 9.91. The van der Waals surface area contributed by atoms with Crippen molar-refractivity contribution in [3.05, 3.63) is 71.8 Å². The minimum atomic E-state index is -0.498. The van der Waals surface area contributed by atoms with Crippen LogP contribution in [0.1, 0.15) is 24.0 Å². The van der Waals surface area contributed by atoms with E-state index in [4.69, 9.17) is 9.47 Å². The second kappa shape index (κ2) is 7.92. The molecule has 0 atom stereocenters. The van der Waals surface area contributed by atoms with Gasteiger partial charge in [-0.2, -0.15) is 0 Å². The van der Waals surface area contributed by atoms with Crippen LogP contribution in [0.25, 0.3) is 0 Å². The van der Waals surface area contributed by atoms with Crippen molar-refractivity contribution >= 4 is 12.2 Å². The molecule has 146 valence electrons. The summed E-state index contributed by atoms with van der Waals surface area (Å²) in [4.78, 5) is 28.1. The average Bonchev–Trinajstić information content (AvgIpc) is 3.02. The number of nitrogens with zero attached hydrogens (tertiary/aromatic N) is 2. The van der Waals surface area contributed by atoms with Crippen molar-refractivity contribution in [3.8, 4) is 0 Å². The third kappa shape index (κ3) is 4.11. The van der Waals surface area contributed by atoms with E-state index in [1.54, 1.807) is 9.80 Å². The van der Waals surface area contributed by atoms with Crippen molar-refractivity contribution in [2.45, 2.75) is 31.6 Å². The first-order valence-electron chi connectivity index (χ1n) is 9.61. The normalized spacial score (nSPS) is 18.2. The molecule has 0 aromatic heterocycles. The Hall–Kier alpha value is -3.02. The van der Waals surface area contributed by atoms with Crippen LogP contribution in [-0.4, -0.2) is 47.2 Å². The molecule has 2 saturated heterocycles. The van der Waals surface area contributed by atoms with E-state index in [9.17, 15) is 9.59 Å². The van der Waals surface area contributed by atoms with Crippen LogP contribution in [0.3, 0.4) is 0 Å². The molecule has 0 aliphatic carbocycles. The summed E-state index contributed by atoms with van der Waals surface area (Å²) in [5, 5.41) is 0. The Morgan fingerprint density at radius 1 is 0.964 bits per heavy atom. The van der Waals surface area contributed by atoms with Gasteiger partial charge in [-0.1, -0.05) is 60.7 Å². The molecule has 0 bridgehead atoms. The Morgan fingerprint density at radius 3 is 2.21 bits per heavy atom. The monoisotopic (exact) mass is 380 g/mol. The highest BCUT2D eigenvalue weighted by atomic mass is 16.6. The number of piperidine rings is 1. The third-order valence-corrected chi connectivity index (χ3v) is 5.40. The summed E-state index contributed by atoms with van der Waals surface area (Å²) in [5.41, 5.74) is 1.55. The fraction of sp³-hybridized carbons (Fsp3) is 0.364. The molecule has 1 spiro atoms. The first-order valence-corrected chi connectivity index (χ1v) is 9.61. The molecule has 2 aromatic carbocycles. The largest absolute Gasteiger partial charge is 0.445 e. The first kappa shape index (κ1) is 18.3. The molecule has 2 aliphatic rings. The highest BCUT2D eigenvalue weighted by Crippen LogP contribution is 2.34. The molecule has 0 N–H and O–H groups in total. The summed E-state index contributed by atoms with van der Waals surface area (Å²) in [6.45, 7) is 2.43. The maximum atomic E-state index is 12.3. The lowest BCUT2D eigenvalue weighted by Gasteiger charge is -2.36. The van der Waals surface area contributed by atoms with E-state index in [0.717, 1.165) is 11.1 Å². The Balaban J connectivity index is 1.28. The second-order valence-electron chi connectivity index (χ2n) is 7.42. The predicted molar refractivity (Wildman–Crippen MR) is 103 cm³/mol. The van der Waals surface area contributed by atoms with Gasteiger partial charge in [0, 0.05) is 32.5 Å². The maximum absolute atomic E-state index is 12.3. The molecule has 6 nitrogen and oxygen atoms in total. The zero-order valence-electron chi connectivity index (χ0n) is 15.8. The van der Waals surface area contributed by atoms with Crippen LogP contribution in [0, 0.1) is 0 Å². The van der Waals surface area contributed by atoms with Crippen LogP contribution < -0.4 is 0 Å². The van der Waals surface area contributed by atoms with Crippen molar-refractivity contribution < 1.29 is 19.1 Å². The molecule has 2 aromatic rings. The van der Waals surface area contributed by atoms with E-state index in [1.807, 2.05) is 60.7 Å². The zero-order chi connectivity index (χ0) is 19.4. The van der Waals surface area contributed by atoms with E-state index in [-0.39, 0.29) is 18.8 Å². The third-order valence-electron chi connectivity index (χ3n) is 5.40. The Bertz CT molecular complexity index is 817. The molecule has 4 rings (SSSR count). The molecule has 0 unspecified atom stereocenters. The minimum Gasteiger partial charge on any atom is -0.445 e. The van der Waals surface area contributed by atoms with Gasteiger partial charge in [-0.15, -0.1) is 0 Å². The quantitative estimate of drug-likeness (QED) is 0.809. The van der Waals surface area contributed by atoms with Gasteiger partial charge >= 0.3 is 12.2 Å². The van der Waals surface area contributed by atoms with Gasteiger partial charge in [0.15, 0.2) is 0 Å². The molecule has 2 heterocycles. The van der Waals surface area contributed by atoms with E-state index in [2.05, 4.69) is 0 Å². The first-order chi connectivity index (χ1) is 13.6. The van der Waals surface area contributed by atoms with E-state index in [0.29, 0.717) is 39.0 Å². The van der Waals surface area contributed by atoms with Gasteiger partial charge in [0.05, 0.1) is 6.54 Å². The molecular weight excluding hydrogens is 356 g/mol. The number of carbonyl (C=O) groups is 2. The molecule has 28 heavy (non-hydrogen) atoms. The number of hydrogen-bond acceptors (Lipinski definition) is 4. The number of amides is 2. The van der Waals surface area contributed by atoms with Gasteiger partial charge in [0.1, 0.15) is 12.2 Å². The summed E-state index contributed by atoms with van der Waals surface area (Å²) in [6.07, 6.45) is 0.669. The molecule has 2 fully saturated rings. The molecule has 2 aliphatic heterocycles. The lowest BCUT2D eigenvalue weighted by molar-refractivity contribution is -0.00133. The SMILES string of the molecule is O=C(OCc1ccccc1)N1CCC2(CC1)CN(Cc1ccccc1)C(=O)O2. The highest BCUT2D eigenvalue weighted by molar-refractivity contribution is 5.71. The summed E-state index contributed by atoms with van der Waals surface area (Å²) >= 11 is 0. The van der Waals surface area contributed by atoms with Crippen molar-refractivity contribution in [3.63, 3.8) is 0 Å². The van der Waals surface area contributed by atoms with E-state index < -0.39 is 5.60 Å². The number of ether oxygens (including phenoxy) is 2. The highest BCUT2D eigenvalue weighted by Gasteiger charge is 2.47. The van der Waals surface area contributed by atoms with E-state index in [1.165, 1.54) is 0 Å². The molecule has 0 radical (unpaired) electrons. The van der Waals surface area contributed by atoms with Gasteiger partial charge < -0.3 is 14.4 Å². The predicted octanol–water partition coefficient (Wildman–Crippen LogP) is 3.81. The smallest absolute Gasteiger partial charge is 0.410 e. The second-order valence-corrected chi connectivity index (χ2v) is 7.42. The number of carbonyl (C=O) groups excluding carboxylic acids is 2. The van der Waals surface area contributed by atoms with Gasteiger partial charge in [-0.25, -0.2) is 9.59 Å². The number of hydrogen-bond donors (Lipinski definition) is 0. The zero-order valence-corrected chi connectivity index (χ0v) is 15.8. The molecule has 0 saturated carbocycles. The summed E-state index contributed by atoms with van der Waals surface area (Å²) in [6, 6.07) is 19.5. The van der Waals surface area contributed by atoms with Crippen LogP contribution in [0.2, 0.25) is 0 Å². The Morgan fingerprint density at radius 2 is 1.57 bits per heavy atom. The van der Waals surface area contributed by atoms with Crippen molar-refractivity contribution in [2.75, 3.05) is 19.6 Å². The Kier molecular flexibility index (Phi) is 5.19. The van der Waals surface area contributed by atoms with Crippen LogP contribution in [0.4, 0.5) is 9.59 Å². The Labute approximate surface area is 164 Å². The van der Waals surface area contributed by atoms with Gasteiger partial charge in [0.2, 0.25) is 0 Å². The van der Waals surface area contributed by atoms with Gasteiger partial charge in [-0.3, -0.25) is 4.90 Å². The van der Waals surface area contributed by atoms with Crippen molar-refractivity contribution in [2.24, 2.45) is 0 Å².